The summed E-state index contributed by atoms with van der Waals surface area (Å²) in [7, 11) is 0. The molecule has 0 heterocycles. The Balaban J connectivity index is 2.38. The normalized spacial score (nSPS) is 22.4. The van der Waals surface area contributed by atoms with E-state index in [0.29, 0.717) is 6.61 Å². The fourth-order valence-electron chi connectivity index (χ4n) is 1.80. The van der Waals surface area contributed by atoms with E-state index in [1.165, 1.54) is 13.8 Å². The van der Waals surface area contributed by atoms with Crippen LogP contribution in [0.4, 0.5) is 4.79 Å². The fraction of sp³-hybridized carbons (Fsp3) is 0.615. The maximum absolute atomic E-state index is 11.6. The largest absolute Gasteiger partial charge is 0.478 e. The lowest BCUT2D eigenvalue weighted by atomic mass is 9.89. The minimum Gasteiger partial charge on any atom is -0.478 e. The smallest absolute Gasteiger partial charge is 0.331 e. The van der Waals surface area contributed by atoms with Crippen LogP contribution >= 0.6 is 0 Å². The molecule has 3 amide bonds. The Morgan fingerprint density at radius 2 is 1.80 bits per heavy atom. The van der Waals surface area contributed by atoms with Gasteiger partial charge in [0.1, 0.15) is 0 Å². The SMILES string of the molecule is CCOC1CC(NC(=O)NC(=O)C(C)=C(C)C(=O)O)C1. The third kappa shape index (κ3) is 4.34. The predicted molar refractivity (Wildman–Crippen MR) is 71.1 cm³/mol. The highest BCUT2D eigenvalue weighted by molar-refractivity contribution is 6.07. The minimum atomic E-state index is -1.18. The third-order valence-electron chi connectivity index (χ3n) is 3.28. The molecule has 3 N–H and O–H groups in total. The van der Waals surface area contributed by atoms with E-state index in [2.05, 4.69) is 10.6 Å². The lowest BCUT2D eigenvalue weighted by Crippen LogP contribution is -2.52. The molecule has 0 aromatic rings. The second-order valence-corrected chi connectivity index (χ2v) is 4.73. The summed E-state index contributed by atoms with van der Waals surface area (Å²) in [6.45, 7) is 5.22. The van der Waals surface area contributed by atoms with Gasteiger partial charge in [0.05, 0.1) is 6.10 Å². The summed E-state index contributed by atoms with van der Waals surface area (Å²) in [5.74, 6) is -1.89. The quantitative estimate of drug-likeness (QED) is 0.648. The zero-order valence-electron chi connectivity index (χ0n) is 11.9. The lowest BCUT2D eigenvalue weighted by molar-refractivity contribution is -0.133. The molecule has 0 bridgehead atoms. The molecular weight excluding hydrogens is 264 g/mol. The Kier molecular flexibility index (Phi) is 5.69. The summed E-state index contributed by atoms with van der Waals surface area (Å²) in [6.07, 6.45) is 1.61. The van der Waals surface area contributed by atoms with Gasteiger partial charge in [-0.2, -0.15) is 0 Å². The zero-order chi connectivity index (χ0) is 15.3. The molecule has 1 rings (SSSR count). The van der Waals surface area contributed by atoms with Crippen LogP contribution in [0.5, 0.6) is 0 Å². The van der Waals surface area contributed by atoms with Gasteiger partial charge in [-0.3, -0.25) is 10.1 Å². The van der Waals surface area contributed by atoms with Crippen molar-refractivity contribution in [3.63, 3.8) is 0 Å². The summed E-state index contributed by atoms with van der Waals surface area (Å²) in [5.41, 5.74) is -0.0798. The van der Waals surface area contributed by atoms with Crippen molar-refractivity contribution in [2.75, 3.05) is 6.61 Å². The number of rotatable bonds is 5. The molecule has 0 aliphatic heterocycles. The summed E-state index contributed by atoms with van der Waals surface area (Å²) in [5, 5.41) is 13.5. The molecule has 1 saturated carbocycles. The number of amides is 3. The van der Waals surface area contributed by atoms with Crippen molar-refractivity contribution in [3.05, 3.63) is 11.1 Å². The average molecular weight is 284 g/mol. The van der Waals surface area contributed by atoms with E-state index < -0.39 is 17.9 Å². The molecule has 0 unspecified atom stereocenters. The van der Waals surface area contributed by atoms with Gasteiger partial charge >= 0.3 is 12.0 Å². The first kappa shape index (κ1) is 16.2. The molecule has 1 fully saturated rings. The fourth-order valence-corrected chi connectivity index (χ4v) is 1.80. The van der Waals surface area contributed by atoms with Crippen LogP contribution in [-0.2, 0) is 14.3 Å². The number of carbonyl (C=O) groups is 3. The second kappa shape index (κ2) is 7.04. The summed E-state index contributed by atoms with van der Waals surface area (Å²) in [6, 6.07) is -0.628. The first-order valence-corrected chi connectivity index (χ1v) is 6.49. The average Bonchev–Trinajstić information content (AvgIpc) is 2.34. The highest BCUT2D eigenvalue weighted by atomic mass is 16.5. The molecule has 7 heteroatoms. The standard InChI is InChI=1S/C13H20N2O5/c1-4-20-10-5-9(6-10)14-13(19)15-11(16)7(2)8(3)12(17)18/h9-10H,4-6H2,1-3H3,(H,17,18)(H2,14,15,16,19). The van der Waals surface area contributed by atoms with Gasteiger partial charge in [-0.15, -0.1) is 0 Å². The van der Waals surface area contributed by atoms with Crippen LogP contribution in [0.25, 0.3) is 0 Å². The molecule has 0 saturated heterocycles. The van der Waals surface area contributed by atoms with E-state index in [1.54, 1.807) is 0 Å². The van der Waals surface area contributed by atoms with E-state index in [1.807, 2.05) is 6.92 Å². The summed E-state index contributed by atoms with van der Waals surface area (Å²) in [4.78, 5) is 33.9. The number of hydrogen-bond acceptors (Lipinski definition) is 4. The zero-order valence-corrected chi connectivity index (χ0v) is 11.9. The monoisotopic (exact) mass is 284 g/mol. The minimum absolute atomic E-state index is 0.00783. The Bertz CT molecular complexity index is 438. The van der Waals surface area contributed by atoms with E-state index >= 15 is 0 Å². The lowest BCUT2D eigenvalue weighted by Gasteiger charge is -2.35. The van der Waals surface area contributed by atoms with Gasteiger partial charge < -0.3 is 15.2 Å². The number of nitrogens with one attached hydrogen (secondary N) is 2. The number of imide groups is 1. The van der Waals surface area contributed by atoms with Crippen LogP contribution in [-0.4, -0.2) is 41.8 Å². The van der Waals surface area contributed by atoms with Crippen molar-refractivity contribution in [1.29, 1.82) is 0 Å². The van der Waals surface area contributed by atoms with Crippen molar-refractivity contribution in [1.82, 2.24) is 10.6 Å². The topological polar surface area (TPSA) is 105 Å². The van der Waals surface area contributed by atoms with Crippen molar-refractivity contribution in [2.24, 2.45) is 0 Å². The molecule has 0 radical (unpaired) electrons. The van der Waals surface area contributed by atoms with Crippen LogP contribution in [0.3, 0.4) is 0 Å². The highest BCUT2D eigenvalue weighted by Gasteiger charge is 2.31. The summed E-state index contributed by atoms with van der Waals surface area (Å²) < 4.78 is 5.36. The van der Waals surface area contributed by atoms with Gasteiger partial charge in [-0.05, 0) is 33.6 Å². The van der Waals surface area contributed by atoms with E-state index in [0.717, 1.165) is 12.8 Å². The first-order valence-electron chi connectivity index (χ1n) is 6.49. The van der Waals surface area contributed by atoms with Crippen LogP contribution in [0.15, 0.2) is 11.1 Å². The van der Waals surface area contributed by atoms with E-state index in [-0.39, 0.29) is 23.3 Å². The number of carboxylic acids is 1. The Labute approximate surface area is 117 Å². The first-order chi connectivity index (χ1) is 9.35. The number of aliphatic carboxylic acids is 1. The molecule has 0 aromatic carbocycles. The number of carbonyl (C=O) groups excluding carboxylic acids is 2. The Hall–Kier alpha value is -1.89. The third-order valence-corrected chi connectivity index (χ3v) is 3.28. The molecule has 7 nitrogen and oxygen atoms in total. The van der Waals surface area contributed by atoms with Gasteiger partial charge in [0.25, 0.3) is 5.91 Å². The van der Waals surface area contributed by atoms with Crippen molar-refractivity contribution < 1.29 is 24.2 Å². The van der Waals surface area contributed by atoms with Gasteiger partial charge in [0.2, 0.25) is 0 Å². The molecule has 20 heavy (non-hydrogen) atoms. The van der Waals surface area contributed by atoms with Crippen molar-refractivity contribution >= 4 is 17.9 Å². The maximum atomic E-state index is 11.6. The van der Waals surface area contributed by atoms with Gasteiger partial charge in [-0.25, -0.2) is 9.59 Å². The number of hydrogen-bond donors (Lipinski definition) is 3. The Morgan fingerprint density at radius 1 is 1.20 bits per heavy atom. The Morgan fingerprint density at radius 3 is 2.30 bits per heavy atom. The van der Waals surface area contributed by atoms with Crippen LogP contribution in [0, 0.1) is 0 Å². The van der Waals surface area contributed by atoms with Crippen LogP contribution < -0.4 is 10.6 Å². The number of urea groups is 1. The second-order valence-electron chi connectivity index (χ2n) is 4.73. The van der Waals surface area contributed by atoms with Gasteiger partial charge in [0, 0.05) is 23.8 Å². The molecular formula is C13H20N2O5. The molecule has 112 valence electrons. The highest BCUT2D eigenvalue weighted by Crippen LogP contribution is 2.22. The summed E-state index contributed by atoms with van der Waals surface area (Å²) >= 11 is 0. The maximum Gasteiger partial charge on any atom is 0.331 e. The molecule has 0 spiro atoms. The number of carboxylic acid groups (broad SMARTS) is 1. The predicted octanol–water partition coefficient (Wildman–Crippen LogP) is 0.801. The van der Waals surface area contributed by atoms with Crippen molar-refractivity contribution in [3.8, 4) is 0 Å². The van der Waals surface area contributed by atoms with Crippen molar-refractivity contribution in [2.45, 2.75) is 45.8 Å². The molecule has 1 aliphatic rings. The van der Waals surface area contributed by atoms with Gasteiger partial charge in [-0.1, -0.05) is 0 Å². The number of ether oxygens (including phenoxy) is 1. The molecule has 0 aromatic heterocycles. The van der Waals surface area contributed by atoms with Crippen LogP contribution in [0.1, 0.15) is 33.6 Å². The van der Waals surface area contributed by atoms with Crippen LogP contribution in [0.2, 0.25) is 0 Å². The van der Waals surface area contributed by atoms with Gasteiger partial charge in [0.15, 0.2) is 0 Å². The van der Waals surface area contributed by atoms with E-state index in [9.17, 15) is 14.4 Å². The molecule has 0 atom stereocenters. The molecule has 1 aliphatic carbocycles. The van der Waals surface area contributed by atoms with E-state index in [4.69, 9.17) is 9.84 Å².